The number of rotatable bonds is 5. The number of nitrogens with zero attached hydrogens (tertiary/aromatic N) is 2. The van der Waals surface area contributed by atoms with Crippen molar-refractivity contribution in [2.75, 3.05) is 25.0 Å². The molecule has 2 rings (SSSR count). The average Bonchev–Trinajstić information content (AvgIpc) is 2.55. The molecule has 1 saturated heterocycles. The van der Waals surface area contributed by atoms with Gasteiger partial charge >= 0.3 is 11.8 Å². The maximum absolute atomic E-state index is 11.9. The SMILES string of the molecule is CCCCN1CCC(NC(=O)C(=O)Nc2cccnc2)CC1. The first kappa shape index (κ1) is 16.4. The largest absolute Gasteiger partial charge is 0.345 e. The van der Waals surface area contributed by atoms with E-state index in [1.165, 1.54) is 19.0 Å². The first-order chi connectivity index (χ1) is 10.7. The quantitative estimate of drug-likeness (QED) is 0.806. The van der Waals surface area contributed by atoms with Gasteiger partial charge in [-0.3, -0.25) is 14.6 Å². The molecule has 1 aromatic heterocycles. The number of carbonyl (C=O) groups is 2. The van der Waals surface area contributed by atoms with E-state index in [0.717, 1.165) is 32.5 Å². The Morgan fingerprint density at radius 3 is 2.73 bits per heavy atom. The summed E-state index contributed by atoms with van der Waals surface area (Å²) < 4.78 is 0. The van der Waals surface area contributed by atoms with Crippen LogP contribution in [-0.2, 0) is 9.59 Å². The summed E-state index contributed by atoms with van der Waals surface area (Å²) in [6.07, 6.45) is 7.33. The van der Waals surface area contributed by atoms with Crippen molar-refractivity contribution in [3.05, 3.63) is 24.5 Å². The zero-order valence-electron chi connectivity index (χ0n) is 13.0. The number of nitrogens with one attached hydrogen (secondary N) is 2. The second-order valence-corrected chi connectivity index (χ2v) is 5.64. The number of unbranched alkanes of at least 4 members (excludes halogenated alkanes) is 1. The normalized spacial score (nSPS) is 16.2. The van der Waals surface area contributed by atoms with Crippen molar-refractivity contribution in [1.82, 2.24) is 15.2 Å². The van der Waals surface area contributed by atoms with Gasteiger partial charge in [0, 0.05) is 25.3 Å². The van der Waals surface area contributed by atoms with Gasteiger partial charge < -0.3 is 15.5 Å². The molecule has 0 atom stereocenters. The van der Waals surface area contributed by atoms with Crippen LogP contribution in [0.2, 0.25) is 0 Å². The molecule has 22 heavy (non-hydrogen) atoms. The molecule has 6 heteroatoms. The Hall–Kier alpha value is -1.95. The summed E-state index contributed by atoms with van der Waals surface area (Å²) >= 11 is 0. The lowest BCUT2D eigenvalue weighted by atomic mass is 10.0. The number of pyridine rings is 1. The van der Waals surface area contributed by atoms with Crippen LogP contribution in [0.4, 0.5) is 5.69 Å². The number of aromatic nitrogens is 1. The Kier molecular flexibility index (Phi) is 6.33. The van der Waals surface area contributed by atoms with Gasteiger partial charge in [-0.25, -0.2) is 0 Å². The van der Waals surface area contributed by atoms with Gasteiger partial charge in [-0.05, 0) is 37.9 Å². The van der Waals surface area contributed by atoms with E-state index in [-0.39, 0.29) is 6.04 Å². The smallest absolute Gasteiger partial charge is 0.313 e. The van der Waals surface area contributed by atoms with E-state index in [4.69, 9.17) is 0 Å². The molecule has 0 saturated carbocycles. The van der Waals surface area contributed by atoms with E-state index in [1.807, 2.05) is 0 Å². The van der Waals surface area contributed by atoms with Crippen molar-refractivity contribution in [1.29, 1.82) is 0 Å². The van der Waals surface area contributed by atoms with Gasteiger partial charge in [0.1, 0.15) is 0 Å². The van der Waals surface area contributed by atoms with Gasteiger partial charge in [-0.1, -0.05) is 13.3 Å². The molecule has 6 nitrogen and oxygen atoms in total. The summed E-state index contributed by atoms with van der Waals surface area (Å²) in [6, 6.07) is 3.49. The Morgan fingerprint density at radius 1 is 1.32 bits per heavy atom. The molecule has 2 N–H and O–H groups in total. The van der Waals surface area contributed by atoms with Crippen LogP contribution in [0.25, 0.3) is 0 Å². The summed E-state index contributed by atoms with van der Waals surface area (Å²) in [5.74, 6) is -1.21. The molecular weight excluding hydrogens is 280 g/mol. The molecule has 0 aromatic carbocycles. The Morgan fingerprint density at radius 2 is 2.09 bits per heavy atom. The summed E-state index contributed by atoms with van der Waals surface area (Å²) in [6.45, 7) is 5.27. The van der Waals surface area contributed by atoms with Gasteiger partial charge in [0.2, 0.25) is 0 Å². The Labute approximate surface area is 131 Å². The minimum Gasteiger partial charge on any atom is -0.345 e. The molecule has 1 fully saturated rings. The van der Waals surface area contributed by atoms with Crippen LogP contribution in [0.3, 0.4) is 0 Å². The highest BCUT2D eigenvalue weighted by Crippen LogP contribution is 2.11. The molecule has 0 aliphatic carbocycles. The van der Waals surface area contributed by atoms with E-state index in [2.05, 4.69) is 27.4 Å². The Bertz CT molecular complexity index is 484. The standard InChI is InChI=1S/C16H24N4O2/c1-2-3-9-20-10-6-13(7-11-20)18-15(21)16(22)19-14-5-4-8-17-12-14/h4-5,8,12-13H,2-3,6-7,9-11H2,1H3,(H,18,21)(H,19,22). The van der Waals surface area contributed by atoms with Crippen LogP contribution in [0.5, 0.6) is 0 Å². The zero-order chi connectivity index (χ0) is 15.8. The van der Waals surface area contributed by atoms with Crippen LogP contribution in [0, 0.1) is 0 Å². The molecule has 2 amide bonds. The molecule has 0 radical (unpaired) electrons. The van der Waals surface area contributed by atoms with E-state index in [1.54, 1.807) is 18.3 Å². The number of carbonyl (C=O) groups excluding carboxylic acids is 2. The number of anilines is 1. The minimum absolute atomic E-state index is 0.0880. The third-order valence-corrected chi connectivity index (χ3v) is 3.88. The van der Waals surface area contributed by atoms with Gasteiger partial charge in [0.15, 0.2) is 0 Å². The highest BCUT2D eigenvalue weighted by molar-refractivity contribution is 6.39. The van der Waals surface area contributed by atoms with Crippen molar-refractivity contribution < 1.29 is 9.59 Å². The van der Waals surface area contributed by atoms with Gasteiger partial charge in [-0.15, -0.1) is 0 Å². The fourth-order valence-electron chi connectivity index (χ4n) is 2.56. The molecule has 120 valence electrons. The van der Waals surface area contributed by atoms with Crippen LogP contribution < -0.4 is 10.6 Å². The summed E-state index contributed by atoms with van der Waals surface area (Å²) in [5, 5.41) is 5.36. The lowest BCUT2D eigenvalue weighted by Crippen LogP contribution is -2.47. The van der Waals surface area contributed by atoms with Gasteiger partial charge in [-0.2, -0.15) is 0 Å². The summed E-state index contributed by atoms with van der Waals surface area (Å²) in [7, 11) is 0. The highest BCUT2D eigenvalue weighted by Gasteiger charge is 2.23. The lowest BCUT2D eigenvalue weighted by molar-refractivity contribution is -0.136. The highest BCUT2D eigenvalue weighted by atomic mass is 16.2. The molecule has 1 aliphatic rings. The van der Waals surface area contributed by atoms with E-state index >= 15 is 0 Å². The molecule has 0 spiro atoms. The van der Waals surface area contributed by atoms with E-state index in [9.17, 15) is 9.59 Å². The van der Waals surface area contributed by atoms with Crippen molar-refractivity contribution in [3.8, 4) is 0 Å². The van der Waals surface area contributed by atoms with Crippen molar-refractivity contribution in [2.45, 2.75) is 38.6 Å². The number of hydrogen-bond acceptors (Lipinski definition) is 4. The second-order valence-electron chi connectivity index (χ2n) is 5.64. The van der Waals surface area contributed by atoms with Crippen molar-refractivity contribution >= 4 is 17.5 Å². The average molecular weight is 304 g/mol. The number of amides is 2. The van der Waals surface area contributed by atoms with Crippen molar-refractivity contribution in [3.63, 3.8) is 0 Å². The van der Waals surface area contributed by atoms with Crippen molar-refractivity contribution in [2.24, 2.45) is 0 Å². The topological polar surface area (TPSA) is 74.3 Å². The second kappa shape index (κ2) is 8.48. The fourth-order valence-corrected chi connectivity index (χ4v) is 2.56. The molecule has 0 bridgehead atoms. The predicted molar refractivity (Wildman–Crippen MR) is 85.4 cm³/mol. The minimum atomic E-state index is -0.638. The van der Waals surface area contributed by atoms with E-state index in [0.29, 0.717) is 5.69 Å². The molecular formula is C16H24N4O2. The van der Waals surface area contributed by atoms with Crippen LogP contribution in [-0.4, -0.2) is 47.4 Å². The molecule has 1 aliphatic heterocycles. The van der Waals surface area contributed by atoms with Crippen LogP contribution in [0.1, 0.15) is 32.6 Å². The van der Waals surface area contributed by atoms with Crippen LogP contribution in [0.15, 0.2) is 24.5 Å². The maximum Gasteiger partial charge on any atom is 0.313 e. The monoisotopic (exact) mass is 304 g/mol. The molecule has 2 heterocycles. The third kappa shape index (κ3) is 5.11. The molecule has 0 unspecified atom stereocenters. The van der Waals surface area contributed by atoms with Gasteiger partial charge in [0.05, 0.1) is 11.9 Å². The summed E-state index contributed by atoms with van der Waals surface area (Å²) in [4.78, 5) is 30.1. The first-order valence-corrected chi connectivity index (χ1v) is 7.93. The summed E-state index contributed by atoms with van der Waals surface area (Å²) in [5.41, 5.74) is 0.525. The lowest BCUT2D eigenvalue weighted by Gasteiger charge is -2.32. The number of piperidine rings is 1. The van der Waals surface area contributed by atoms with Gasteiger partial charge in [0.25, 0.3) is 0 Å². The molecule has 1 aromatic rings. The Balaban J connectivity index is 1.72. The third-order valence-electron chi connectivity index (χ3n) is 3.88. The maximum atomic E-state index is 11.9. The number of likely N-dealkylation sites (tertiary alicyclic amines) is 1. The zero-order valence-corrected chi connectivity index (χ0v) is 13.0. The fraction of sp³-hybridized carbons (Fsp3) is 0.562. The first-order valence-electron chi connectivity index (χ1n) is 7.93. The number of hydrogen-bond donors (Lipinski definition) is 2. The predicted octanol–water partition coefficient (Wildman–Crippen LogP) is 1.40. The van der Waals surface area contributed by atoms with E-state index < -0.39 is 11.8 Å². The van der Waals surface area contributed by atoms with Crippen LogP contribution >= 0.6 is 0 Å².